The molecule has 5 nitrogen and oxygen atoms in total. The number of methoxy groups -OCH3 is 1. The Labute approximate surface area is 172 Å². The maximum absolute atomic E-state index is 14.3. The van der Waals surface area contributed by atoms with E-state index in [1.54, 1.807) is 23.9 Å². The van der Waals surface area contributed by atoms with Crippen LogP contribution in [0.5, 0.6) is 5.75 Å². The molecule has 1 N–H and O–H groups in total. The van der Waals surface area contributed by atoms with Gasteiger partial charge in [-0.25, -0.2) is 9.07 Å². The zero-order valence-corrected chi connectivity index (χ0v) is 17.4. The van der Waals surface area contributed by atoms with Crippen molar-refractivity contribution in [2.45, 2.75) is 20.4 Å². The number of halogens is 1. The van der Waals surface area contributed by atoms with Gasteiger partial charge in [0.05, 0.1) is 12.8 Å². The smallest absolute Gasteiger partial charge is 0.148 e. The highest BCUT2D eigenvalue weighted by Crippen LogP contribution is 2.26. The Balaban J connectivity index is 1.85. The van der Waals surface area contributed by atoms with Gasteiger partial charge in [0.15, 0.2) is 0 Å². The Kier molecular flexibility index (Phi) is 7.38. The molecule has 3 aromatic rings. The highest BCUT2D eigenvalue weighted by Gasteiger charge is 2.14. The van der Waals surface area contributed by atoms with Crippen molar-refractivity contribution >= 4 is 0 Å². The largest absolute Gasteiger partial charge is 0.497 e. The van der Waals surface area contributed by atoms with E-state index in [1.807, 2.05) is 36.5 Å². The molecule has 3 rings (SSSR count). The third kappa shape index (κ3) is 5.22. The van der Waals surface area contributed by atoms with Gasteiger partial charge < -0.3 is 15.0 Å². The van der Waals surface area contributed by atoms with Crippen molar-refractivity contribution in [1.82, 2.24) is 20.0 Å². The highest BCUT2D eigenvalue weighted by atomic mass is 19.1. The number of nitrogens with one attached hydrogen (secondary N) is 1. The van der Waals surface area contributed by atoms with Crippen LogP contribution in [0.1, 0.15) is 19.4 Å². The Morgan fingerprint density at radius 3 is 2.45 bits per heavy atom. The Hall–Kier alpha value is -2.70. The molecule has 2 aromatic carbocycles. The Bertz CT molecular complexity index is 903. The van der Waals surface area contributed by atoms with Crippen LogP contribution in [0.2, 0.25) is 0 Å². The molecular formula is C23H29FN4O. The molecule has 0 aliphatic rings. The molecule has 0 aliphatic carbocycles. The topological polar surface area (TPSA) is 42.3 Å². The first-order valence-electron chi connectivity index (χ1n) is 10.1. The van der Waals surface area contributed by atoms with Gasteiger partial charge in [0.25, 0.3) is 0 Å². The van der Waals surface area contributed by atoms with Crippen LogP contribution in [-0.4, -0.2) is 48.0 Å². The lowest BCUT2D eigenvalue weighted by atomic mass is 10.1. The van der Waals surface area contributed by atoms with E-state index in [4.69, 9.17) is 9.84 Å². The van der Waals surface area contributed by atoms with Crippen LogP contribution in [0, 0.1) is 5.82 Å². The average Bonchev–Trinajstić information content (AvgIpc) is 3.18. The number of hydrogen-bond acceptors (Lipinski definition) is 4. The summed E-state index contributed by atoms with van der Waals surface area (Å²) < 4.78 is 21.2. The third-order valence-corrected chi connectivity index (χ3v) is 5.07. The summed E-state index contributed by atoms with van der Waals surface area (Å²) in [5.41, 5.74) is 3.28. The Morgan fingerprint density at radius 1 is 1.07 bits per heavy atom. The van der Waals surface area contributed by atoms with E-state index in [9.17, 15) is 4.39 Å². The van der Waals surface area contributed by atoms with Crippen molar-refractivity contribution in [3.63, 3.8) is 0 Å². The van der Waals surface area contributed by atoms with Crippen molar-refractivity contribution in [1.29, 1.82) is 0 Å². The fourth-order valence-electron chi connectivity index (χ4n) is 3.29. The fourth-order valence-corrected chi connectivity index (χ4v) is 3.29. The van der Waals surface area contributed by atoms with Crippen molar-refractivity contribution in [3.05, 3.63) is 66.1 Å². The number of nitrogens with zero attached hydrogens (tertiary/aromatic N) is 3. The van der Waals surface area contributed by atoms with Crippen molar-refractivity contribution < 1.29 is 9.13 Å². The normalized spacial score (nSPS) is 11.2. The zero-order chi connectivity index (χ0) is 20.6. The quantitative estimate of drug-likeness (QED) is 0.524. The predicted octanol–water partition coefficient (Wildman–Crippen LogP) is 4.12. The molecule has 1 heterocycles. The molecule has 0 unspecified atom stereocenters. The summed E-state index contributed by atoms with van der Waals surface area (Å²) in [4.78, 5) is 2.38. The molecule has 154 valence electrons. The number of rotatable bonds is 10. The van der Waals surface area contributed by atoms with E-state index in [-0.39, 0.29) is 5.82 Å². The standard InChI is InChI=1S/C23H29FN4O/c1-4-27(5-2)15-14-25-16-19-17-28(22-9-7-6-8-21(22)24)26-23(19)18-10-12-20(29-3)13-11-18/h6-13,17,25H,4-5,14-16H2,1-3H3. The number of aromatic nitrogens is 2. The average molecular weight is 397 g/mol. The number of ether oxygens (including phenoxy) is 1. The number of likely N-dealkylation sites (N-methyl/N-ethyl adjacent to an activating group) is 1. The van der Waals surface area contributed by atoms with E-state index >= 15 is 0 Å². The molecule has 0 aliphatic heterocycles. The molecule has 0 spiro atoms. The molecule has 6 heteroatoms. The molecular weight excluding hydrogens is 367 g/mol. The number of benzene rings is 2. The summed E-state index contributed by atoms with van der Waals surface area (Å²) in [6, 6.07) is 14.5. The number of para-hydroxylation sites is 1. The molecule has 0 saturated heterocycles. The van der Waals surface area contributed by atoms with Crippen LogP contribution in [0.3, 0.4) is 0 Å². The van der Waals surface area contributed by atoms with Gasteiger partial charge in [-0.1, -0.05) is 26.0 Å². The van der Waals surface area contributed by atoms with Gasteiger partial charge in [-0.05, 0) is 49.5 Å². The van der Waals surface area contributed by atoms with E-state index in [1.165, 1.54) is 6.07 Å². The van der Waals surface area contributed by atoms with Gasteiger partial charge in [0.1, 0.15) is 17.3 Å². The third-order valence-electron chi connectivity index (χ3n) is 5.07. The van der Waals surface area contributed by atoms with Crippen molar-refractivity contribution in [3.8, 4) is 22.7 Å². The molecule has 1 aromatic heterocycles. The second-order valence-electron chi connectivity index (χ2n) is 6.83. The van der Waals surface area contributed by atoms with Crippen LogP contribution in [0.4, 0.5) is 4.39 Å². The minimum atomic E-state index is -0.294. The Morgan fingerprint density at radius 2 is 1.79 bits per heavy atom. The van der Waals surface area contributed by atoms with E-state index in [2.05, 4.69) is 24.1 Å². The molecule has 0 atom stereocenters. The minimum absolute atomic E-state index is 0.294. The molecule has 0 radical (unpaired) electrons. The lowest BCUT2D eigenvalue weighted by molar-refractivity contribution is 0.302. The second-order valence-corrected chi connectivity index (χ2v) is 6.83. The summed E-state index contributed by atoms with van der Waals surface area (Å²) in [5, 5.41) is 8.20. The van der Waals surface area contributed by atoms with Gasteiger partial charge in [-0.15, -0.1) is 0 Å². The van der Waals surface area contributed by atoms with Crippen LogP contribution < -0.4 is 10.1 Å². The zero-order valence-electron chi connectivity index (χ0n) is 17.4. The summed E-state index contributed by atoms with van der Waals surface area (Å²) in [6.07, 6.45) is 1.91. The summed E-state index contributed by atoms with van der Waals surface area (Å²) in [6.45, 7) is 8.96. The van der Waals surface area contributed by atoms with Crippen molar-refractivity contribution in [2.24, 2.45) is 0 Å². The van der Waals surface area contributed by atoms with Crippen LogP contribution in [0.15, 0.2) is 54.7 Å². The van der Waals surface area contributed by atoms with Crippen LogP contribution in [0.25, 0.3) is 16.9 Å². The molecule has 29 heavy (non-hydrogen) atoms. The summed E-state index contributed by atoms with van der Waals surface area (Å²) >= 11 is 0. The van der Waals surface area contributed by atoms with Gasteiger partial charge in [0.2, 0.25) is 0 Å². The first-order valence-corrected chi connectivity index (χ1v) is 10.1. The minimum Gasteiger partial charge on any atom is -0.497 e. The monoisotopic (exact) mass is 396 g/mol. The fraction of sp³-hybridized carbons (Fsp3) is 0.348. The van der Waals surface area contributed by atoms with Crippen molar-refractivity contribution in [2.75, 3.05) is 33.3 Å². The predicted molar refractivity (Wildman–Crippen MR) is 115 cm³/mol. The lowest BCUT2D eigenvalue weighted by Crippen LogP contribution is -2.31. The summed E-state index contributed by atoms with van der Waals surface area (Å²) in [7, 11) is 1.65. The molecule has 0 amide bonds. The van der Waals surface area contributed by atoms with Gasteiger partial charge in [-0.3, -0.25) is 0 Å². The van der Waals surface area contributed by atoms with E-state index in [0.717, 1.165) is 48.7 Å². The van der Waals surface area contributed by atoms with Gasteiger partial charge >= 0.3 is 0 Å². The maximum Gasteiger partial charge on any atom is 0.148 e. The summed E-state index contributed by atoms with van der Waals surface area (Å²) in [5.74, 6) is 0.499. The second kappa shape index (κ2) is 10.2. The van der Waals surface area contributed by atoms with E-state index < -0.39 is 0 Å². The molecule has 0 fully saturated rings. The number of hydrogen-bond donors (Lipinski definition) is 1. The van der Waals surface area contributed by atoms with E-state index in [0.29, 0.717) is 12.2 Å². The van der Waals surface area contributed by atoms with Gasteiger partial charge in [-0.2, -0.15) is 5.10 Å². The maximum atomic E-state index is 14.3. The lowest BCUT2D eigenvalue weighted by Gasteiger charge is -2.17. The first-order chi connectivity index (χ1) is 14.2. The molecule has 0 saturated carbocycles. The SMILES string of the molecule is CCN(CC)CCNCc1cn(-c2ccccc2F)nc1-c1ccc(OC)cc1. The van der Waals surface area contributed by atoms with Gasteiger partial charge in [0, 0.05) is 37.0 Å². The van der Waals surface area contributed by atoms with Crippen LogP contribution in [-0.2, 0) is 6.54 Å². The first kappa shape index (κ1) is 21.0. The highest BCUT2D eigenvalue weighted by molar-refractivity contribution is 5.64. The van der Waals surface area contributed by atoms with Crippen LogP contribution >= 0.6 is 0 Å². The molecule has 0 bridgehead atoms.